The van der Waals surface area contributed by atoms with Crippen LogP contribution in [0, 0.1) is 0 Å². The lowest BCUT2D eigenvalue weighted by atomic mass is 10.1. The third kappa shape index (κ3) is 4.45. The van der Waals surface area contributed by atoms with Gasteiger partial charge in [-0.25, -0.2) is 4.99 Å². The molecule has 0 amide bonds. The van der Waals surface area contributed by atoms with Crippen molar-refractivity contribution in [3.63, 3.8) is 0 Å². The molecule has 0 heterocycles. The lowest BCUT2D eigenvalue weighted by Gasteiger charge is -2.23. The molecule has 0 aliphatic rings. The van der Waals surface area contributed by atoms with Crippen LogP contribution in [0.15, 0.2) is 35.3 Å². The van der Waals surface area contributed by atoms with Gasteiger partial charge >= 0.3 is 0 Å². The van der Waals surface area contributed by atoms with Crippen molar-refractivity contribution in [2.75, 3.05) is 20.1 Å². The molecule has 4 heteroatoms. The number of thiocarbonyl (C=S) groups is 1. The fraction of sp³-hybridized carbons (Fsp3) is 0.429. The number of hydrogen-bond acceptors (Lipinski definition) is 1. The van der Waals surface area contributed by atoms with Gasteiger partial charge in [0.15, 0.2) is 5.11 Å². The normalized spacial score (nSPS) is 11.2. The number of benzene rings is 1. The van der Waals surface area contributed by atoms with Crippen LogP contribution in [0.25, 0.3) is 0 Å². The molecule has 1 aromatic rings. The van der Waals surface area contributed by atoms with Crippen molar-refractivity contribution in [3.05, 3.63) is 35.9 Å². The average Bonchev–Trinajstić information content (AvgIpc) is 2.41. The zero-order chi connectivity index (χ0) is 13.4. The Morgan fingerprint density at radius 2 is 1.83 bits per heavy atom. The molecule has 18 heavy (non-hydrogen) atoms. The number of amidine groups is 1. The number of nitrogens with one attached hydrogen (secondary N) is 1. The van der Waals surface area contributed by atoms with Crippen molar-refractivity contribution in [2.45, 2.75) is 20.3 Å². The van der Waals surface area contributed by atoms with Gasteiger partial charge in [0.2, 0.25) is 0 Å². The minimum absolute atomic E-state index is 0.535. The molecule has 0 unspecified atom stereocenters. The molecule has 3 nitrogen and oxygen atoms in total. The quantitative estimate of drug-likeness (QED) is 0.514. The summed E-state index contributed by atoms with van der Waals surface area (Å²) >= 11 is 5.14. The molecule has 1 rings (SSSR count). The molecule has 98 valence electrons. The standard InChI is InChI=1S/C14H21N3S/c1-4-17(5-2)13(16-14(18)15-3)11-12-9-7-6-8-10-12/h6-10H,4-5,11H2,1-3H3,(H,15,18)/b16-13+. The highest BCUT2D eigenvalue weighted by Crippen LogP contribution is 2.05. The van der Waals surface area contributed by atoms with Gasteiger partial charge in [0.05, 0.1) is 0 Å². The molecule has 0 saturated heterocycles. The summed E-state index contributed by atoms with van der Waals surface area (Å²) < 4.78 is 0. The fourth-order valence-electron chi connectivity index (χ4n) is 1.76. The summed E-state index contributed by atoms with van der Waals surface area (Å²) in [5.74, 6) is 1.02. The van der Waals surface area contributed by atoms with Gasteiger partial charge in [0.1, 0.15) is 5.84 Å². The number of aliphatic imine (C=N–C) groups is 1. The predicted octanol–water partition coefficient (Wildman–Crippen LogP) is 2.47. The highest BCUT2D eigenvalue weighted by atomic mass is 32.1. The predicted molar refractivity (Wildman–Crippen MR) is 82.2 cm³/mol. The zero-order valence-electron chi connectivity index (χ0n) is 11.3. The molecule has 0 atom stereocenters. The van der Waals surface area contributed by atoms with Crippen molar-refractivity contribution in [1.82, 2.24) is 10.2 Å². The zero-order valence-corrected chi connectivity index (χ0v) is 12.1. The Labute approximate surface area is 115 Å². The van der Waals surface area contributed by atoms with E-state index in [0.717, 1.165) is 25.3 Å². The van der Waals surface area contributed by atoms with E-state index in [1.165, 1.54) is 5.56 Å². The van der Waals surface area contributed by atoms with Crippen LogP contribution in [0.4, 0.5) is 0 Å². The first-order valence-electron chi connectivity index (χ1n) is 6.29. The molecule has 0 radical (unpaired) electrons. The van der Waals surface area contributed by atoms with Gasteiger partial charge < -0.3 is 10.2 Å². The van der Waals surface area contributed by atoms with Crippen LogP contribution in [-0.4, -0.2) is 36.0 Å². The summed E-state index contributed by atoms with van der Waals surface area (Å²) in [7, 11) is 1.80. The average molecular weight is 263 g/mol. The van der Waals surface area contributed by atoms with E-state index >= 15 is 0 Å². The monoisotopic (exact) mass is 263 g/mol. The Kier molecular flexibility index (Phi) is 6.36. The smallest absolute Gasteiger partial charge is 0.194 e. The molecule has 1 aromatic carbocycles. The molecular formula is C14H21N3S. The molecule has 0 fully saturated rings. The van der Waals surface area contributed by atoms with Gasteiger partial charge in [0, 0.05) is 26.6 Å². The first-order chi connectivity index (χ1) is 8.71. The van der Waals surface area contributed by atoms with Gasteiger partial charge in [-0.1, -0.05) is 30.3 Å². The maximum atomic E-state index is 5.14. The molecule has 0 spiro atoms. The van der Waals surface area contributed by atoms with Crippen LogP contribution in [0.1, 0.15) is 19.4 Å². The van der Waals surface area contributed by atoms with Gasteiger partial charge in [-0.2, -0.15) is 0 Å². The summed E-state index contributed by atoms with van der Waals surface area (Å²) in [6.45, 7) is 6.14. The van der Waals surface area contributed by atoms with E-state index in [1.807, 2.05) is 18.2 Å². The van der Waals surface area contributed by atoms with Gasteiger partial charge in [-0.3, -0.25) is 0 Å². The van der Waals surface area contributed by atoms with Crippen molar-refractivity contribution < 1.29 is 0 Å². The van der Waals surface area contributed by atoms with E-state index < -0.39 is 0 Å². The van der Waals surface area contributed by atoms with E-state index in [-0.39, 0.29) is 0 Å². The van der Waals surface area contributed by atoms with E-state index in [0.29, 0.717) is 5.11 Å². The molecule has 0 bridgehead atoms. The Balaban J connectivity index is 2.91. The van der Waals surface area contributed by atoms with E-state index in [4.69, 9.17) is 12.2 Å². The van der Waals surface area contributed by atoms with Crippen molar-refractivity contribution in [1.29, 1.82) is 0 Å². The van der Waals surface area contributed by atoms with Crippen molar-refractivity contribution in [2.24, 2.45) is 4.99 Å². The Hall–Kier alpha value is -1.42. The number of likely N-dealkylation sites (N-methyl/N-ethyl adjacent to an activating group) is 1. The number of nitrogens with zero attached hydrogens (tertiary/aromatic N) is 2. The molecule has 0 saturated carbocycles. The second-order valence-electron chi connectivity index (χ2n) is 3.92. The van der Waals surface area contributed by atoms with Crippen LogP contribution in [0.2, 0.25) is 0 Å². The van der Waals surface area contributed by atoms with Crippen LogP contribution >= 0.6 is 12.2 Å². The summed E-state index contributed by atoms with van der Waals surface area (Å²) in [6.07, 6.45) is 0.810. The van der Waals surface area contributed by atoms with Crippen molar-refractivity contribution >= 4 is 23.2 Å². The van der Waals surface area contributed by atoms with Crippen LogP contribution in [0.5, 0.6) is 0 Å². The lowest BCUT2D eigenvalue weighted by Crippen LogP contribution is -2.33. The lowest BCUT2D eigenvalue weighted by molar-refractivity contribution is 0.459. The van der Waals surface area contributed by atoms with E-state index in [2.05, 4.69) is 41.2 Å². The largest absolute Gasteiger partial charge is 0.364 e. The fourth-order valence-corrected chi connectivity index (χ4v) is 1.87. The summed E-state index contributed by atoms with van der Waals surface area (Å²) in [6, 6.07) is 10.3. The first-order valence-corrected chi connectivity index (χ1v) is 6.70. The highest BCUT2D eigenvalue weighted by Gasteiger charge is 2.09. The maximum Gasteiger partial charge on any atom is 0.194 e. The Morgan fingerprint density at radius 1 is 1.22 bits per heavy atom. The molecule has 0 aromatic heterocycles. The van der Waals surface area contributed by atoms with Gasteiger partial charge in [0.25, 0.3) is 0 Å². The Bertz CT molecular complexity index is 397. The molecular weight excluding hydrogens is 242 g/mol. The van der Waals surface area contributed by atoms with Crippen LogP contribution < -0.4 is 5.32 Å². The van der Waals surface area contributed by atoms with E-state index in [1.54, 1.807) is 7.05 Å². The highest BCUT2D eigenvalue weighted by molar-refractivity contribution is 7.80. The second kappa shape index (κ2) is 7.82. The number of hydrogen-bond donors (Lipinski definition) is 1. The minimum atomic E-state index is 0.535. The summed E-state index contributed by atoms with van der Waals surface area (Å²) in [5, 5.41) is 3.44. The van der Waals surface area contributed by atoms with E-state index in [9.17, 15) is 0 Å². The third-order valence-electron chi connectivity index (χ3n) is 2.78. The topological polar surface area (TPSA) is 27.6 Å². The first kappa shape index (κ1) is 14.6. The molecule has 1 N–H and O–H groups in total. The molecule has 0 aliphatic heterocycles. The summed E-state index contributed by atoms with van der Waals surface area (Å²) in [5.41, 5.74) is 1.25. The Morgan fingerprint density at radius 3 is 2.33 bits per heavy atom. The number of rotatable bonds is 4. The second-order valence-corrected chi connectivity index (χ2v) is 4.30. The third-order valence-corrected chi connectivity index (χ3v) is 3.07. The van der Waals surface area contributed by atoms with Crippen LogP contribution in [-0.2, 0) is 6.42 Å². The summed E-state index contributed by atoms with van der Waals surface area (Å²) in [4.78, 5) is 6.73. The van der Waals surface area contributed by atoms with Crippen LogP contribution in [0.3, 0.4) is 0 Å². The maximum absolute atomic E-state index is 5.14. The van der Waals surface area contributed by atoms with Gasteiger partial charge in [-0.05, 0) is 31.6 Å². The van der Waals surface area contributed by atoms with Crippen molar-refractivity contribution in [3.8, 4) is 0 Å². The minimum Gasteiger partial charge on any atom is -0.364 e. The molecule has 0 aliphatic carbocycles. The van der Waals surface area contributed by atoms with Gasteiger partial charge in [-0.15, -0.1) is 0 Å². The SMILES string of the molecule is CCN(CC)/C(Cc1ccccc1)=N/C(=S)NC.